The van der Waals surface area contributed by atoms with Gasteiger partial charge in [-0.2, -0.15) is 0 Å². The highest BCUT2D eigenvalue weighted by Crippen LogP contribution is 2.33. The van der Waals surface area contributed by atoms with Crippen molar-refractivity contribution in [1.29, 1.82) is 0 Å². The third-order valence-electron chi connectivity index (χ3n) is 2.28. The molecule has 1 N–H and O–H groups in total. The summed E-state index contributed by atoms with van der Waals surface area (Å²) in [6.07, 6.45) is 4.65. The smallest absolute Gasteiger partial charge is 0.0221 e. The minimum absolute atomic E-state index is 0.488. The van der Waals surface area contributed by atoms with E-state index in [0.717, 1.165) is 12.0 Å². The summed E-state index contributed by atoms with van der Waals surface area (Å²) in [5, 5.41) is 3.49. The highest BCUT2D eigenvalue weighted by atomic mass is 15.0. The summed E-state index contributed by atoms with van der Waals surface area (Å²) < 4.78 is 0. The van der Waals surface area contributed by atoms with Crippen LogP contribution in [0.15, 0.2) is 12.7 Å². The molecule has 10 heavy (non-hydrogen) atoms. The van der Waals surface area contributed by atoms with E-state index < -0.39 is 0 Å². The van der Waals surface area contributed by atoms with Crippen molar-refractivity contribution in [2.24, 2.45) is 5.92 Å². The molecule has 1 nitrogen and oxygen atoms in total. The molecule has 3 unspecified atom stereocenters. The summed E-state index contributed by atoms with van der Waals surface area (Å²) in [5.74, 6) is 0.947. The fourth-order valence-corrected chi connectivity index (χ4v) is 1.31. The van der Waals surface area contributed by atoms with Crippen molar-refractivity contribution >= 4 is 0 Å². The molecule has 1 heteroatoms. The molecule has 0 spiro atoms. The molecule has 0 radical (unpaired) electrons. The highest BCUT2D eigenvalue weighted by Gasteiger charge is 2.35. The molecule has 58 valence electrons. The lowest BCUT2D eigenvalue weighted by atomic mass is 10.3. The first-order chi connectivity index (χ1) is 4.77. The summed E-state index contributed by atoms with van der Waals surface area (Å²) in [6.45, 7) is 8.14. The quantitative estimate of drug-likeness (QED) is 0.587. The zero-order chi connectivity index (χ0) is 7.56. The molecule has 1 saturated carbocycles. The second-order valence-electron chi connectivity index (χ2n) is 3.20. The van der Waals surface area contributed by atoms with Gasteiger partial charge in [0, 0.05) is 12.1 Å². The van der Waals surface area contributed by atoms with E-state index in [-0.39, 0.29) is 0 Å². The molecule has 0 aromatic carbocycles. The third kappa shape index (κ3) is 1.84. The van der Waals surface area contributed by atoms with Gasteiger partial charge < -0.3 is 5.32 Å². The zero-order valence-corrected chi connectivity index (χ0v) is 6.93. The van der Waals surface area contributed by atoms with Gasteiger partial charge in [0.15, 0.2) is 0 Å². The summed E-state index contributed by atoms with van der Waals surface area (Å²) in [4.78, 5) is 0. The van der Waals surface area contributed by atoms with Gasteiger partial charge in [-0.15, -0.1) is 6.58 Å². The molecule has 0 aliphatic heterocycles. The van der Waals surface area contributed by atoms with Gasteiger partial charge in [-0.1, -0.05) is 19.4 Å². The number of hydrogen-bond donors (Lipinski definition) is 1. The predicted octanol–water partition coefficient (Wildman–Crippen LogP) is 1.95. The van der Waals surface area contributed by atoms with Gasteiger partial charge in [-0.25, -0.2) is 0 Å². The SMILES string of the molecule is C=CC(C)NC1CC1CC. The molecule has 0 aromatic heterocycles. The van der Waals surface area contributed by atoms with Crippen molar-refractivity contribution < 1.29 is 0 Å². The lowest BCUT2D eigenvalue weighted by molar-refractivity contribution is 0.585. The first-order valence-electron chi connectivity index (χ1n) is 4.16. The topological polar surface area (TPSA) is 12.0 Å². The maximum absolute atomic E-state index is 3.73. The van der Waals surface area contributed by atoms with Crippen LogP contribution in [0.4, 0.5) is 0 Å². The van der Waals surface area contributed by atoms with Crippen LogP contribution in [0.3, 0.4) is 0 Å². The lowest BCUT2D eigenvalue weighted by Crippen LogP contribution is -2.26. The Labute approximate surface area is 63.5 Å². The van der Waals surface area contributed by atoms with Crippen molar-refractivity contribution in [3.05, 3.63) is 12.7 Å². The first kappa shape index (κ1) is 7.80. The van der Waals surface area contributed by atoms with Crippen LogP contribution in [0.5, 0.6) is 0 Å². The Balaban J connectivity index is 2.11. The van der Waals surface area contributed by atoms with Gasteiger partial charge in [0.25, 0.3) is 0 Å². The molecule has 0 aromatic rings. The van der Waals surface area contributed by atoms with Crippen molar-refractivity contribution in [1.82, 2.24) is 5.32 Å². The van der Waals surface area contributed by atoms with E-state index in [1.807, 2.05) is 6.08 Å². The Morgan fingerprint density at radius 3 is 2.90 bits per heavy atom. The van der Waals surface area contributed by atoms with Gasteiger partial charge in [0.1, 0.15) is 0 Å². The molecular weight excluding hydrogens is 122 g/mol. The van der Waals surface area contributed by atoms with Crippen LogP contribution in [-0.4, -0.2) is 12.1 Å². The molecular formula is C9H17N. The highest BCUT2D eigenvalue weighted by molar-refractivity contribution is 4.96. The van der Waals surface area contributed by atoms with Crippen LogP contribution >= 0.6 is 0 Å². The van der Waals surface area contributed by atoms with Crippen LogP contribution in [0.25, 0.3) is 0 Å². The maximum Gasteiger partial charge on any atom is 0.0221 e. The molecule has 1 rings (SSSR count). The molecule has 0 heterocycles. The van der Waals surface area contributed by atoms with Crippen molar-refractivity contribution in [2.75, 3.05) is 0 Å². The predicted molar refractivity (Wildman–Crippen MR) is 45.0 cm³/mol. The summed E-state index contributed by atoms with van der Waals surface area (Å²) >= 11 is 0. The lowest BCUT2D eigenvalue weighted by Gasteiger charge is -2.06. The normalized spacial score (nSPS) is 33.4. The number of hydrogen-bond acceptors (Lipinski definition) is 1. The van der Waals surface area contributed by atoms with E-state index in [4.69, 9.17) is 0 Å². The second-order valence-corrected chi connectivity index (χ2v) is 3.20. The van der Waals surface area contributed by atoms with E-state index >= 15 is 0 Å². The van der Waals surface area contributed by atoms with Gasteiger partial charge >= 0.3 is 0 Å². The van der Waals surface area contributed by atoms with Crippen molar-refractivity contribution in [3.63, 3.8) is 0 Å². The molecule has 3 atom stereocenters. The second kappa shape index (κ2) is 3.20. The summed E-state index contributed by atoms with van der Waals surface area (Å²) in [5.41, 5.74) is 0. The van der Waals surface area contributed by atoms with E-state index in [1.165, 1.54) is 12.8 Å². The van der Waals surface area contributed by atoms with E-state index in [2.05, 4.69) is 25.7 Å². The summed E-state index contributed by atoms with van der Waals surface area (Å²) in [6, 6.07) is 1.28. The first-order valence-corrected chi connectivity index (χ1v) is 4.16. The van der Waals surface area contributed by atoms with Gasteiger partial charge in [-0.05, 0) is 19.3 Å². The van der Waals surface area contributed by atoms with Crippen LogP contribution in [0, 0.1) is 5.92 Å². The van der Waals surface area contributed by atoms with Gasteiger partial charge in [0.05, 0.1) is 0 Å². The van der Waals surface area contributed by atoms with Gasteiger partial charge in [-0.3, -0.25) is 0 Å². The Kier molecular flexibility index (Phi) is 2.50. The van der Waals surface area contributed by atoms with Crippen LogP contribution in [0.2, 0.25) is 0 Å². The zero-order valence-electron chi connectivity index (χ0n) is 6.93. The standard InChI is InChI=1S/C9H17N/c1-4-7(3)10-9-6-8(9)5-2/h4,7-10H,1,5-6H2,2-3H3. The number of nitrogens with one attached hydrogen (secondary N) is 1. The van der Waals surface area contributed by atoms with Crippen LogP contribution < -0.4 is 5.32 Å². The average Bonchev–Trinajstić information content (AvgIpc) is 2.67. The molecule has 0 amide bonds. The monoisotopic (exact) mass is 139 g/mol. The fraction of sp³-hybridized carbons (Fsp3) is 0.778. The largest absolute Gasteiger partial charge is 0.308 e. The van der Waals surface area contributed by atoms with Crippen molar-refractivity contribution in [3.8, 4) is 0 Å². The Morgan fingerprint density at radius 2 is 2.50 bits per heavy atom. The Morgan fingerprint density at radius 1 is 1.80 bits per heavy atom. The Hall–Kier alpha value is -0.300. The maximum atomic E-state index is 3.73. The van der Waals surface area contributed by atoms with E-state index in [1.54, 1.807) is 0 Å². The molecule has 1 aliphatic rings. The summed E-state index contributed by atoms with van der Waals surface area (Å²) in [7, 11) is 0. The molecule has 0 saturated heterocycles. The van der Waals surface area contributed by atoms with Crippen molar-refractivity contribution in [2.45, 2.75) is 38.8 Å². The fourth-order valence-electron chi connectivity index (χ4n) is 1.31. The molecule has 1 aliphatic carbocycles. The third-order valence-corrected chi connectivity index (χ3v) is 2.28. The van der Waals surface area contributed by atoms with Crippen LogP contribution in [0.1, 0.15) is 26.7 Å². The van der Waals surface area contributed by atoms with Crippen LogP contribution in [-0.2, 0) is 0 Å². The van der Waals surface area contributed by atoms with E-state index in [0.29, 0.717) is 6.04 Å². The molecule has 0 bridgehead atoms. The Bertz CT molecular complexity index is 120. The van der Waals surface area contributed by atoms with E-state index in [9.17, 15) is 0 Å². The molecule has 1 fully saturated rings. The average molecular weight is 139 g/mol. The number of rotatable bonds is 4. The minimum Gasteiger partial charge on any atom is -0.308 e. The minimum atomic E-state index is 0.488. The van der Waals surface area contributed by atoms with Gasteiger partial charge in [0.2, 0.25) is 0 Å².